The third kappa shape index (κ3) is 2.81. The van der Waals surface area contributed by atoms with Gasteiger partial charge in [-0.15, -0.1) is 0 Å². The number of hydrogen-bond acceptors (Lipinski definition) is 4. The molecular weight excluding hydrogens is 218 g/mol. The topological polar surface area (TPSA) is 58.4 Å². The molecular formula is C12H17N3O2. The van der Waals surface area contributed by atoms with E-state index >= 15 is 0 Å². The molecule has 1 saturated heterocycles. The fourth-order valence-corrected chi connectivity index (χ4v) is 2.18. The highest BCUT2D eigenvalue weighted by atomic mass is 16.6. The maximum atomic E-state index is 10.7. The molecule has 1 N–H and O–H groups in total. The summed E-state index contributed by atoms with van der Waals surface area (Å²) in [6.07, 6.45) is 0. The van der Waals surface area contributed by atoms with E-state index in [-0.39, 0.29) is 16.7 Å². The zero-order valence-corrected chi connectivity index (χ0v) is 9.93. The number of hydrogen-bond donors (Lipinski definition) is 1. The van der Waals surface area contributed by atoms with E-state index in [2.05, 4.69) is 17.1 Å². The van der Waals surface area contributed by atoms with Crippen LogP contribution in [0.3, 0.4) is 0 Å². The van der Waals surface area contributed by atoms with Crippen molar-refractivity contribution in [3.8, 4) is 0 Å². The Kier molecular flexibility index (Phi) is 3.71. The van der Waals surface area contributed by atoms with Crippen LogP contribution in [-0.4, -0.2) is 36.0 Å². The van der Waals surface area contributed by atoms with E-state index in [9.17, 15) is 10.1 Å². The summed E-state index contributed by atoms with van der Waals surface area (Å²) >= 11 is 0. The molecule has 1 fully saturated rings. The van der Waals surface area contributed by atoms with E-state index in [1.807, 2.05) is 6.07 Å². The Labute approximate surface area is 101 Å². The maximum Gasteiger partial charge on any atom is 0.269 e. The minimum absolute atomic E-state index is 0.171. The van der Waals surface area contributed by atoms with Crippen molar-refractivity contribution in [3.63, 3.8) is 0 Å². The Morgan fingerprint density at radius 3 is 2.76 bits per heavy atom. The van der Waals surface area contributed by atoms with Crippen LogP contribution in [0.1, 0.15) is 18.5 Å². The number of rotatable bonds is 3. The van der Waals surface area contributed by atoms with Crippen molar-refractivity contribution in [2.75, 3.05) is 26.2 Å². The van der Waals surface area contributed by atoms with Gasteiger partial charge in [0.25, 0.3) is 5.69 Å². The zero-order valence-electron chi connectivity index (χ0n) is 9.93. The van der Waals surface area contributed by atoms with Gasteiger partial charge in [-0.1, -0.05) is 12.1 Å². The molecule has 1 aliphatic heterocycles. The maximum absolute atomic E-state index is 10.7. The average molecular weight is 235 g/mol. The summed E-state index contributed by atoms with van der Waals surface area (Å²) < 4.78 is 0. The first-order chi connectivity index (χ1) is 8.18. The van der Waals surface area contributed by atoms with Gasteiger partial charge in [0.2, 0.25) is 0 Å². The highest BCUT2D eigenvalue weighted by Crippen LogP contribution is 2.23. The van der Waals surface area contributed by atoms with Crippen molar-refractivity contribution in [1.29, 1.82) is 0 Å². The Bertz CT molecular complexity index is 402. The molecule has 0 aliphatic carbocycles. The third-order valence-electron chi connectivity index (χ3n) is 3.26. The molecule has 0 bridgehead atoms. The van der Waals surface area contributed by atoms with Crippen LogP contribution in [0.25, 0.3) is 0 Å². The molecule has 1 aromatic rings. The van der Waals surface area contributed by atoms with Crippen molar-refractivity contribution in [1.82, 2.24) is 10.2 Å². The van der Waals surface area contributed by atoms with Gasteiger partial charge in [-0.2, -0.15) is 0 Å². The van der Waals surface area contributed by atoms with Gasteiger partial charge in [-0.3, -0.25) is 15.0 Å². The number of non-ortho nitro benzene ring substituents is 1. The van der Waals surface area contributed by atoms with Gasteiger partial charge < -0.3 is 5.32 Å². The summed E-state index contributed by atoms with van der Waals surface area (Å²) in [5.74, 6) is 0. The number of piperazine rings is 1. The molecule has 0 aromatic heterocycles. The second kappa shape index (κ2) is 5.25. The summed E-state index contributed by atoms with van der Waals surface area (Å²) in [6, 6.07) is 7.16. The number of nitrogens with zero attached hydrogens (tertiary/aromatic N) is 2. The van der Waals surface area contributed by atoms with Crippen molar-refractivity contribution < 1.29 is 4.92 Å². The first kappa shape index (κ1) is 12.0. The van der Waals surface area contributed by atoms with E-state index in [1.165, 1.54) is 6.07 Å². The van der Waals surface area contributed by atoms with Gasteiger partial charge in [0.1, 0.15) is 0 Å². The third-order valence-corrected chi connectivity index (χ3v) is 3.26. The molecule has 1 aromatic carbocycles. The lowest BCUT2D eigenvalue weighted by atomic mass is 10.1. The highest BCUT2D eigenvalue weighted by Gasteiger charge is 2.19. The SMILES string of the molecule is C[C@H](c1cccc([N+](=O)[O-])c1)N1CCNCC1. The van der Waals surface area contributed by atoms with Gasteiger partial charge in [0, 0.05) is 44.4 Å². The smallest absolute Gasteiger partial charge is 0.269 e. The lowest BCUT2D eigenvalue weighted by Crippen LogP contribution is -2.44. The van der Waals surface area contributed by atoms with Gasteiger partial charge >= 0.3 is 0 Å². The van der Waals surface area contributed by atoms with E-state index in [4.69, 9.17) is 0 Å². The van der Waals surface area contributed by atoms with Crippen LogP contribution in [-0.2, 0) is 0 Å². The van der Waals surface area contributed by atoms with Crippen LogP contribution < -0.4 is 5.32 Å². The van der Waals surface area contributed by atoms with Crippen LogP contribution in [0.4, 0.5) is 5.69 Å². The highest BCUT2D eigenvalue weighted by molar-refractivity contribution is 5.35. The average Bonchev–Trinajstić information content (AvgIpc) is 2.39. The first-order valence-corrected chi connectivity index (χ1v) is 5.87. The van der Waals surface area contributed by atoms with Crippen molar-refractivity contribution >= 4 is 5.69 Å². The summed E-state index contributed by atoms with van der Waals surface area (Å²) in [4.78, 5) is 12.7. The minimum Gasteiger partial charge on any atom is -0.314 e. The molecule has 17 heavy (non-hydrogen) atoms. The molecule has 92 valence electrons. The van der Waals surface area contributed by atoms with Crippen molar-refractivity contribution in [2.24, 2.45) is 0 Å². The van der Waals surface area contributed by atoms with Gasteiger partial charge in [0.05, 0.1) is 4.92 Å². The van der Waals surface area contributed by atoms with Gasteiger partial charge in [-0.05, 0) is 12.5 Å². The van der Waals surface area contributed by atoms with E-state index in [0.717, 1.165) is 31.7 Å². The molecule has 5 nitrogen and oxygen atoms in total. The predicted molar refractivity (Wildman–Crippen MR) is 66.0 cm³/mol. The fraction of sp³-hybridized carbons (Fsp3) is 0.500. The first-order valence-electron chi connectivity index (χ1n) is 5.87. The second-order valence-electron chi connectivity index (χ2n) is 4.31. The number of benzene rings is 1. The Hall–Kier alpha value is -1.46. The molecule has 0 radical (unpaired) electrons. The number of nitro benzene ring substituents is 1. The van der Waals surface area contributed by atoms with Gasteiger partial charge in [-0.25, -0.2) is 0 Å². The Balaban J connectivity index is 2.14. The lowest BCUT2D eigenvalue weighted by Gasteiger charge is -2.32. The lowest BCUT2D eigenvalue weighted by molar-refractivity contribution is -0.384. The summed E-state index contributed by atoms with van der Waals surface area (Å²) in [5, 5.41) is 14.0. The molecule has 2 rings (SSSR count). The van der Waals surface area contributed by atoms with Crippen LogP contribution in [0.5, 0.6) is 0 Å². The summed E-state index contributed by atoms with van der Waals surface area (Å²) in [7, 11) is 0. The molecule has 1 aliphatic rings. The molecule has 0 saturated carbocycles. The molecule has 0 unspecified atom stereocenters. The summed E-state index contributed by atoms with van der Waals surface area (Å²) in [5.41, 5.74) is 1.19. The second-order valence-corrected chi connectivity index (χ2v) is 4.31. The largest absolute Gasteiger partial charge is 0.314 e. The number of nitro groups is 1. The number of nitrogens with one attached hydrogen (secondary N) is 1. The van der Waals surface area contributed by atoms with E-state index in [0.29, 0.717) is 0 Å². The molecule has 1 heterocycles. The van der Waals surface area contributed by atoms with E-state index in [1.54, 1.807) is 12.1 Å². The molecule has 0 amide bonds. The normalized spacial score (nSPS) is 18.9. The van der Waals surface area contributed by atoms with Crippen LogP contribution >= 0.6 is 0 Å². The minimum atomic E-state index is -0.339. The predicted octanol–water partition coefficient (Wildman–Crippen LogP) is 1.56. The van der Waals surface area contributed by atoms with Crippen molar-refractivity contribution in [2.45, 2.75) is 13.0 Å². The zero-order chi connectivity index (χ0) is 12.3. The van der Waals surface area contributed by atoms with Crippen LogP contribution in [0.15, 0.2) is 24.3 Å². The quantitative estimate of drug-likeness (QED) is 0.638. The van der Waals surface area contributed by atoms with Gasteiger partial charge in [0.15, 0.2) is 0 Å². The molecule has 0 spiro atoms. The Morgan fingerprint density at radius 2 is 2.12 bits per heavy atom. The van der Waals surface area contributed by atoms with E-state index < -0.39 is 0 Å². The van der Waals surface area contributed by atoms with Crippen molar-refractivity contribution in [3.05, 3.63) is 39.9 Å². The van der Waals surface area contributed by atoms with Crippen LogP contribution in [0, 0.1) is 10.1 Å². The monoisotopic (exact) mass is 235 g/mol. The van der Waals surface area contributed by atoms with Crippen LogP contribution in [0.2, 0.25) is 0 Å². The molecule has 5 heteroatoms. The standard InChI is InChI=1S/C12H17N3O2/c1-10(14-7-5-13-6-8-14)11-3-2-4-12(9-11)15(16)17/h2-4,9-10,13H,5-8H2,1H3/t10-/m1/s1. The summed E-state index contributed by atoms with van der Waals surface area (Å²) in [6.45, 7) is 6.05. The molecule has 1 atom stereocenters. The Morgan fingerprint density at radius 1 is 1.41 bits per heavy atom. The fourth-order valence-electron chi connectivity index (χ4n) is 2.18.